The van der Waals surface area contributed by atoms with Crippen LogP contribution >= 0.6 is 0 Å². The van der Waals surface area contributed by atoms with E-state index in [4.69, 9.17) is 11.2 Å². The van der Waals surface area contributed by atoms with E-state index in [9.17, 15) is 4.79 Å². The smallest absolute Gasteiger partial charge is 0.410 e. The second kappa shape index (κ2) is 4.81. The van der Waals surface area contributed by atoms with E-state index >= 15 is 0 Å². The van der Waals surface area contributed by atoms with Gasteiger partial charge in [0.25, 0.3) is 0 Å². The summed E-state index contributed by atoms with van der Waals surface area (Å²) in [6, 6.07) is 0.670. The van der Waals surface area contributed by atoms with Crippen LogP contribution in [0.4, 0.5) is 4.79 Å². The third kappa shape index (κ3) is 2.78. The minimum atomic E-state index is -0.425. The van der Waals surface area contributed by atoms with Crippen molar-refractivity contribution in [2.45, 2.75) is 51.3 Å². The SMILES string of the molecule is C#C[C@@H]1CC[C@@H]2CN(C(=O)OC(C)(C)C)CCN21. The van der Waals surface area contributed by atoms with Gasteiger partial charge in [0.15, 0.2) is 0 Å². The molecule has 100 valence electrons. The molecule has 0 aromatic rings. The van der Waals surface area contributed by atoms with Crippen molar-refractivity contribution in [1.82, 2.24) is 9.80 Å². The first-order chi connectivity index (χ1) is 8.40. The normalized spacial score (nSPS) is 28.7. The third-order valence-corrected chi connectivity index (χ3v) is 3.55. The number of hydrogen-bond donors (Lipinski definition) is 0. The summed E-state index contributed by atoms with van der Waals surface area (Å²) in [4.78, 5) is 16.2. The van der Waals surface area contributed by atoms with E-state index in [0.29, 0.717) is 12.6 Å². The van der Waals surface area contributed by atoms with Crippen LogP contribution in [0.5, 0.6) is 0 Å². The average molecular weight is 250 g/mol. The molecule has 1 amide bonds. The lowest BCUT2D eigenvalue weighted by Gasteiger charge is -2.39. The number of rotatable bonds is 0. The van der Waals surface area contributed by atoms with Gasteiger partial charge in [-0.1, -0.05) is 5.92 Å². The highest BCUT2D eigenvalue weighted by Gasteiger charge is 2.38. The lowest BCUT2D eigenvalue weighted by molar-refractivity contribution is 0.00726. The second-order valence-electron chi connectivity index (χ2n) is 6.08. The van der Waals surface area contributed by atoms with Crippen molar-refractivity contribution >= 4 is 6.09 Å². The lowest BCUT2D eigenvalue weighted by atomic mass is 10.1. The van der Waals surface area contributed by atoms with Gasteiger partial charge in [0.2, 0.25) is 0 Å². The molecule has 0 N–H and O–H groups in total. The van der Waals surface area contributed by atoms with Gasteiger partial charge in [-0.25, -0.2) is 4.79 Å². The summed E-state index contributed by atoms with van der Waals surface area (Å²) < 4.78 is 5.41. The van der Waals surface area contributed by atoms with Gasteiger partial charge in [0.05, 0.1) is 6.04 Å². The van der Waals surface area contributed by atoms with Crippen LogP contribution in [0.2, 0.25) is 0 Å². The van der Waals surface area contributed by atoms with Crippen LogP contribution in [-0.2, 0) is 4.74 Å². The summed E-state index contributed by atoms with van der Waals surface area (Å²) in [6.45, 7) is 8.00. The van der Waals surface area contributed by atoms with E-state index in [1.165, 1.54) is 0 Å². The number of terminal acetylenes is 1. The number of carbonyl (C=O) groups excluding carboxylic acids is 1. The average Bonchev–Trinajstić information content (AvgIpc) is 2.68. The van der Waals surface area contributed by atoms with Crippen LogP contribution in [0.25, 0.3) is 0 Å². The number of hydrogen-bond acceptors (Lipinski definition) is 3. The Morgan fingerprint density at radius 3 is 2.67 bits per heavy atom. The Morgan fingerprint density at radius 2 is 2.06 bits per heavy atom. The molecule has 2 rings (SSSR count). The summed E-state index contributed by atoms with van der Waals surface area (Å²) in [6.07, 6.45) is 7.44. The van der Waals surface area contributed by atoms with Gasteiger partial charge in [0, 0.05) is 25.7 Å². The molecule has 0 unspecified atom stereocenters. The highest BCUT2D eigenvalue weighted by atomic mass is 16.6. The maximum Gasteiger partial charge on any atom is 0.410 e. The van der Waals surface area contributed by atoms with E-state index in [1.54, 1.807) is 0 Å². The zero-order valence-electron chi connectivity index (χ0n) is 11.5. The van der Waals surface area contributed by atoms with Gasteiger partial charge >= 0.3 is 6.09 Å². The fraction of sp³-hybridized carbons (Fsp3) is 0.786. The minimum Gasteiger partial charge on any atom is -0.444 e. The number of amides is 1. The van der Waals surface area contributed by atoms with Crippen LogP contribution < -0.4 is 0 Å². The highest BCUT2D eigenvalue weighted by Crippen LogP contribution is 2.27. The predicted octanol–water partition coefficient (Wildman–Crippen LogP) is 1.70. The van der Waals surface area contributed by atoms with Crippen molar-refractivity contribution in [3.8, 4) is 12.3 Å². The summed E-state index contributed by atoms with van der Waals surface area (Å²) >= 11 is 0. The van der Waals surface area contributed by atoms with E-state index in [1.807, 2.05) is 25.7 Å². The molecule has 4 nitrogen and oxygen atoms in total. The standard InChI is InChI=1S/C14H22N2O2/c1-5-11-6-7-12-10-15(8-9-16(11)12)13(17)18-14(2,3)4/h1,11-12H,6-10H2,2-4H3/t11-,12-/m1/s1. The molecule has 2 atom stereocenters. The van der Waals surface area contributed by atoms with Crippen LogP contribution in [-0.4, -0.2) is 53.2 Å². The molecule has 0 aromatic heterocycles. The molecule has 0 aromatic carbocycles. The Kier molecular flexibility index (Phi) is 3.54. The molecule has 0 aliphatic carbocycles. The Morgan fingerprint density at radius 1 is 1.33 bits per heavy atom. The summed E-state index contributed by atoms with van der Waals surface area (Å²) in [7, 11) is 0. The highest BCUT2D eigenvalue weighted by molar-refractivity contribution is 5.68. The molecule has 2 aliphatic heterocycles. The molecule has 2 heterocycles. The molecule has 18 heavy (non-hydrogen) atoms. The van der Waals surface area contributed by atoms with Gasteiger partial charge in [-0.3, -0.25) is 4.90 Å². The van der Waals surface area contributed by atoms with E-state index in [0.717, 1.165) is 25.9 Å². The Bertz CT molecular complexity index is 367. The van der Waals surface area contributed by atoms with E-state index in [2.05, 4.69) is 10.8 Å². The van der Waals surface area contributed by atoms with Crippen molar-refractivity contribution in [3.63, 3.8) is 0 Å². The zero-order valence-corrected chi connectivity index (χ0v) is 11.5. The second-order valence-corrected chi connectivity index (χ2v) is 6.08. The third-order valence-electron chi connectivity index (χ3n) is 3.55. The van der Waals surface area contributed by atoms with Gasteiger partial charge in [0.1, 0.15) is 5.60 Å². The quantitative estimate of drug-likeness (QED) is 0.614. The topological polar surface area (TPSA) is 32.8 Å². The van der Waals surface area contributed by atoms with Gasteiger partial charge in [-0.2, -0.15) is 0 Å². The molecule has 2 fully saturated rings. The first-order valence-electron chi connectivity index (χ1n) is 6.60. The van der Waals surface area contributed by atoms with E-state index in [-0.39, 0.29) is 12.1 Å². The number of nitrogens with zero attached hydrogens (tertiary/aromatic N) is 2. The molecule has 4 heteroatoms. The van der Waals surface area contributed by atoms with E-state index < -0.39 is 5.60 Å². The summed E-state index contributed by atoms with van der Waals surface area (Å²) in [5.74, 6) is 2.84. The Hall–Kier alpha value is -1.21. The Labute approximate surface area is 109 Å². The van der Waals surface area contributed by atoms with Crippen molar-refractivity contribution in [2.24, 2.45) is 0 Å². The lowest BCUT2D eigenvalue weighted by Crippen LogP contribution is -2.54. The predicted molar refractivity (Wildman–Crippen MR) is 70.2 cm³/mol. The van der Waals surface area contributed by atoms with Crippen molar-refractivity contribution in [2.75, 3.05) is 19.6 Å². The number of carbonyl (C=O) groups is 1. The molecule has 0 radical (unpaired) electrons. The number of ether oxygens (including phenoxy) is 1. The van der Waals surface area contributed by atoms with Gasteiger partial charge < -0.3 is 9.64 Å². The first-order valence-corrected chi connectivity index (χ1v) is 6.60. The maximum atomic E-state index is 12.0. The van der Waals surface area contributed by atoms with Crippen molar-refractivity contribution in [3.05, 3.63) is 0 Å². The minimum absolute atomic E-state index is 0.202. The molecule has 2 aliphatic rings. The first kappa shape index (κ1) is 13.2. The van der Waals surface area contributed by atoms with Crippen LogP contribution in [0.1, 0.15) is 33.6 Å². The monoisotopic (exact) mass is 250 g/mol. The van der Waals surface area contributed by atoms with Crippen LogP contribution in [0.15, 0.2) is 0 Å². The van der Waals surface area contributed by atoms with Crippen LogP contribution in [0.3, 0.4) is 0 Å². The fourth-order valence-electron chi connectivity index (χ4n) is 2.72. The molecule has 2 saturated heterocycles. The summed E-state index contributed by atoms with van der Waals surface area (Å²) in [5.41, 5.74) is -0.425. The van der Waals surface area contributed by atoms with Crippen LogP contribution in [0, 0.1) is 12.3 Å². The molecular formula is C14H22N2O2. The van der Waals surface area contributed by atoms with Gasteiger partial charge in [-0.05, 0) is 33.6 Å². The zero-order chi connectivity index (χ0) is 13.3. The molecule has 0 saturated carbocycles. The molecule has 0 spiro atoms. The fourth-order valence-corrected chi connectivity index (χ4v) is 2.72. The van der Waals surface area contributed by atoms with Crippen molar-refractivity contribution in [1.29, 1.82) is 0 Å². The molecular weight excluding hydrogens is 228 g/mol. The Balaban J connectivity index is 1.93. The van der Waals surface area contributed by atoms with Gasteiger partial charge in [-0.15, -0.1) is 6.42 Å². The molecule has 0 bridgehead atoms. The number of fused-ring (bicyclic) bond motifs is 1. The number of piperazine rings is 1. The largest absolute Gasteiger partial charge is 0.444 e. The maximum absolute atomic E-state index is 12.0. The van der Waals surface area contributed by atoms with Crippen molar-refractivity contribution < 1.29 is 9.53 Å². The summed E-state index contributed by atoms with van der Waals surface area (Å²) in [5, 5.41) is 0.